The van der Waals surface area contributed by atoms with Crippen LogP contribution < -0.4 is 0 Å². The average molecular weight is 566 g/mol. The van der Waals surface area contributed by atoms with Crippen molar-refractivity contribution in [2.45, 2.75) is 6.17 Å². The van der Waals surface area contributed by atoms with Crippen molar-refractivity contribution in [3.05, 3.63) is 180 Å². The van der Waals surface area contributed by atoms with Gasteiger partial charge in [-0.1, -0.05) is 127 Å². The number of aliphatic imine (C=N–C) groups is 1. The molecule has 0 bridgehead atoms. The number of allylic oxidation sites excluding steroid dienone is 1. The van der Waals surface area contributed by atoms with Gasteiger partial charge in [0.05, 0.1) is 16.7 Å². The molecule has 3 heteroatoms. The predicted molar refractivity (Wildman–Crippen MR) is 184 cm³/mol. The van der Waals surface area contributed by atoms with Crippen LogP contribution in [0.1, 0.15) is 22.9 Å². The minimum absolute atomic E-state index is 0.111. The van der Waals surface area contributed by atoms with Gasteiger partial charge < -0.3 is 9.47 Å². The van der Waals surface area contributed by atoms with Crippen molar-refractivity contribution in [3.8, 4) is 16.8 Å². The molecular weight excluding hydrogens is 534 g/mol. The summed E-state index contributed by atoms with van der Waals surface area (Å²) in [7, 11) is 2.14. The van der Waals surface area contributed by atoms with Crippen molar-refractivity contribution in [3.63, 3.8) is 0 Å². The number of hydrogen-bond donors (Lipinski definition) is 0. The highest BCUT2D eigenvalue weighted by Gasteiger charge is 2.25. The molecule has 0 radical (unpaired) electrons. The van der Waals surface area contributed by atoms with Crippen LogP contribution in [0.4, 0.5) is 0 Å². The molecule has 0 spiro atoms. The minimum atomic E-state index is -0.111. The molecule has 0 aliphatic carbocycles. The van der Waals surface area contributed by atoms with Crippen LogP contribution in [-0.2, 0) is 0 Å². The van der Waals surface area contributed by atoms with E-state index in [4.69, 9.17) is 4.99 Å². The zero-order chi connectivity index (χ0) is 29.5. The van der Waals surface area contributed by atoms with Crippen molar-refractivity contribution in [2.75, 3.05) is 7.05 Å². The number of nitrogens with zero attached hydrogens (tertiary/aromatic N) is 3. The maximum Gasteiger partial charge on any atom is 0.147 e. The number of hydrogen-bond acceptors (Lipinski definition) is 2. The quantitative estimate of drug-likeness (QED) is 0.203. The van der Waals surface area contributed by atoms with Gasteiger partial charge in [-0.15, -0.1) is 0 Å². The zero-order valence-corrected chi connectivity index (χ0v) is 24.5. The smallest absolute Gasteiger partial charge is 0.147 e. The molecule has 0 fully saturated rings. The molecule has 0 N–H and O–H groups in total. The SMILES string of the molecule is CN1C(c2cccc(-c3ccc(-n4c5ccccc5c5ccccc54)cc3)c2)=CC(c2ccccc2)=NC1c1ccccc1. The highest BCUT2D eigenvalue weighted by molar-refractivity contribution is 6.13. The van der Waals surface area contributed by atoms with E-state index in [1.54, 1.807) is 0 Å². The van der Waals surface area contributed by atoms with Gasteiger partial charge in [0.25, 0.3) is 0 Å². The molecule has 6 aromatic carbocycles. The van der Waals surface area contributed by atoms with Crippen LogP contribution in [0.2, 0.25) is 0 Å². The Hall–Kier alpha value is -5.67. The summed E-state index contributed by atoms with van der Waals surface area (Å²) in [5.41, 5.74) is 11.6. The van der Waals surface area contributed by atoms with Crippen LogP contribution in [0.5, 0.6) is 0 Å². The Bertz CT molecular complexity index is 2120. The van der Waals surface area contributed by atoms with Crippen molar-refractivity contribution < 1.29 is 0 Å². The van der Waals surface area contributed by atoms with Crippen molar-refractivity contribution >= 4 is 33.2 Å². The molecule has 3 nitrogen and oxygen atoms in total. The molecule has 210 valence electrons. The molecule has 0 amide bonds. The number of aromatic nitrogens is 1. The second-order valence-corrected chi connectivity index (χ2v) is 11.3. The highest BCUT2D eigenvalue weighted by atomic mass is 15.2. The van der Waals surface area contributed by atoms with Crippen molar-refractivity contribution in [1.82, 2.24) is 9.47 Å². The largest absolute Gasteiger partial charge is 0.349 e. The first-order valence-electron chi connectivity index (χ1n) is 15.1. The molecule has 44 heavy (non-hydrogen) atoms. The number of fused-ring (bicyclic) bond motifs is 3. The third-order valence-electron chi connectivity index (χ3n) is 8.65. The van der Waals surface area contributed by atoms with E-state index in [1.807, 2.05) is 6.07 Å². The number of para-hydroxylation sites is 2. The molecule has 1 aliphatic heterocycles. The summed E-state index contributed by atoms with van der Waals surface area (Å²) in [6, 6.07) is 56.1. The minimum Gasteiger partial charge on any atom is -0.349 e. The molecule has 0 saturated carbocycles. The molecule has 1 unspecified atom stereocenters. The van der Waals surface area contributed by atoms with Gasteiger partial charge in [0, 0.05) is 29.2 Å². The first kappa shape index (κ1) is 26.0. The van der Waals surface area contributed by atoms with Gasteiger partial charge in [-0.05, 0) is 64.2 Å². The Kier molecular flexibility index (Phi) is 6.42. The second kappa shape index (κ2) is 10.9. The fourth-order valence-electron chi connectivity index (χ4n) is 6.46. The maximum atomic E-state index is 5.20. The van der Waals surface area contributed by atoms with Crippen LogP contribution in [0.25, 0.3) is 44.3 Å². The molecule has 7 aromatic rings. The molecular formula is C41H31N3. The Labute approximate surface area is 257 Å². The lowest BCUT2D eigenvalue weighted by molar-refractivity contribution is 0.364. The standard InChI is InChI=1S/C41H31N3/c1-43-40(28-37(30-13-4-2-5-14-30)42-41(43)31-15-6-3-7-16-31)33-18-12-17-32(27-33)29-23-25-34(26-24-29)44-38-21-10-8-19-35(38)36-20-9-11-22-39(36)44/h2-28,41H,1H3. The first-order chi connectivity index (χ1) is 21.7. The second-order valence-electron chi connectivity index (χ2n) is 11.3. The Balaban J connectivity index is 1.18. The molecule has 0 saturated heterocycles. The lowest BCUT2D eigenvalue weighted by Crippen LogP contribution is -2.27. The maximum absolute atomic E-state index is 5.20. The van der Waals surface area contributed by atoms with Gasteiger partial charge in [0.2, 0.25) is 0 Å². The van der Waals surface area contributed by atoms with E-state index < -0.39 is 0 Å². The zero-order valence-electron chi connectivity index (χ0n) is 24.5. The van der Waals surface area contributed by atoms with Gasteiger partial charge in [-0.2, -0.15) is 0 Å². The number of rotatable bonds is 5. The highest BCUT2D eigenvalue weighted by Crippen LogP contribution is 2.36. The van der Waals surface area contributed by atoms with E-state index >= 15 is 0 Å². The molecule has 2 heterocycles. The predicted octanol–water partition coefficient (Wildman–Crippen LogP) is 9.93. The fourth-order valence-corrected chi connectivity index (χ4v) is 6.46. The van der Waals surface area contributed by atoms with E-state index in [1.165, 1.54) is 44.1 Å². The van der Waals surface area contributed by atoms with E-state index in [9.17, 15) is 0 Å². The Morgan fingerprint density at radius 3 is 1.75 bits per heavy atom. The topological polar surface area (TPSA) is 20.5 Å². The number of benzene rings is 6. The van der Waals surface area contributed by atoms with E-state index in [2.05, 4.69) is 174 Å². The van der Waals surface area contributed by atoms with Gasteiger partial charge in [-0.25, -0.2) is 0 Å². The molecule has 1 atom stereocenters. The van der Waals surface area contributed by atoms with Crippen LogP contribution in [0, 0.1) is 0 Å². The monoisotopic (exact) mass is 565 g/mol. The lowest BCUT2D eigenvalue weighted by Gasteiger charge is -2.34. The van der Waals surface area contributed by atoms with Gasteiger partial charge in [-0.3, -0.25) is 4.99 Å². The Morgan fingerprint density at radius 1 is 0.500 bits per heavy atom. The summed E-state index contributed by atoms with van der Waals surface area (Å²) in [5.74, 6) is 0. The van der Waals surface area contributed by atoms with Crippen LogP contribution >= 0.6 is 0 Å². The van der Waals surface area contributed by atoms with Gasteiger partial charge >= 0.3 is 0 Å². The molecule has 1 aromatic heterocycles. The first-order valence-corrected chi connectivity index (χ1v) is 15.1. The van der Waals surface area contributed by atoms with Gasteiger partial charge in [0.1, 0.15) is 6.17 Å². The Morgan fingerprint density at radius 2 is 1.07 bits per heavy atom. The normalized spacial score (nSPS) is 14.9. The molecule has 8 rings (SSSR count). The summed E-state index contributed by atoms with van der Waals surface area (Å²) >= 11 is 0. The summed E-state index contributed by atoms with van der Waals surface area (Å²) in [5, 5.41) is 2.55. The van der Waals surface area contributed by atoms with Crippen LogP contribution in [0.3, 0.4) is 0 Å². The van der Waals surface area contributed by atoms with E-state index in [0.29, 0.717) is 0 Å². The molecule has 1 aliphatic rings. The average Bonchev–Trinajstić information content (AvgIpc) is 3.44. The van der Waals surface area contributed by atoms with Gasteiger partial charge in [0.15, 0.2) is 0 Å². The van der Waals surface area contributed by atoms with E-state index in [-0.39, 0.29) is 6.17 Å². The van der Waals surface area contributed by atoms with E-state index in [0.717, 1.165) is 22.7 Å². The third kappa shape index (κ3) is 4.50. The van der Waals surface area contributed by atoms with Crippen LogP contribution in [-0.4, -0.2) is 22.2 Å². The summed E-state index contributed by atoms with van der Waals surface area (Å²) < 4.78 is 2.36. The lowest BCUT2D eigenvalue weighted by atomic mass is 9.97. The van der Waals surface area contributed by atoms with Crippen LogP contribution in [0.15, 0.2) is 169 Å². The summed E-state index contributed by atoms with van der Waals surface area (Å²) in [4.78, 5) is 7.48. The fraction of sp³-hybridized carbons (Fsp3) is 0.0488. The van der Waals surface area contributed by atoms with Crippen molar-refractivity contribution in [1.29, 1.82) is 0 Å². The summed E-state index contributed by atoms with van der Waals surface area (Å²) in [6.07, 6.45) is 2.11. The summed E-state index contributed by atoms with van der Waals surface area (Å²) in [6.45, 7) is 0. The third-order valence-corrected chi connectivity index (χ3v) is 8.65. The van der Waals surface area contributed by atoms with Crippen molar-refractivity contribution in [2.24, 2.45) is 4.99 Å².